The summed E-state index contributed by atoms with van der Waals surface area (Å²) in [6.07, 6.45) is 1.85. The van der Waals surface area contributed by atoms with Crippen molar-refractivity contribution in [2.45, 2.75) is 0 Å². The van der Waals surface area contributed by atoms with E-state index in [0.717, 1.165) is 38.5 Å². The second kappa shape index (κ2) is 5.61. The van der Waals surface area contributed by atoms with Gasteiger partial charge in [0.15, 0.2) is 0 Å². The number of hydrogen-bond donors (Lipinski definition) is 1. The Morgan fingerprint density at radius 1 is 0.962 bits per heavy atom. The van der Waals surface area contributed by atoms with Gasteiger partial charge in [0.1, 0.15) is 23.1 Å². The molecule has 4 heteroatoms. The smallest absolute Gasteiger partial charge is 0.149 e. The highest BCUT2D eigenvalue weighted by Gasteiger charge is 2.10. The summed E-state index contributed by atoms with van der Waals surface area (Å²) >= 11 is 0. The minimum atomic E-state index is 0.494. The molecule has 1 N–H and O–H groups in total. The highest BCUT2D eigenvalue weighted by atomic mass is 16.3. The van der Waals surface area contributed by atoms with Gasteiger partial charge >= 0.3 is 0 Å². The first kappa shape index (κ1) is 14.5. The molecule has 0 fully saturated rings. The second-order valence-corrected chi connectivity index (χ2v) is 6.13. The van der Waals surface area contributed by atoms with E-state index < -0.39 is 0 Å². The highest BCUT2D eigenvalue weighted by molar-refractivity contribution is 6.06. The Hall–Kier alpha value is -3.84. The summed E-state index contributed by atoms with van der Waals surface area (Å²) in [4.78, 5) is 7.73. The van der Waals surface area contributed by atoms with Gasteiger partial charge in [0.05, 0.1) is 16.6 Å². The van der Waals surface area contributed by atoms with Crippen LogP contribution in [0.1, 0.15) is 11.4 Å². The highest BCUT2D eigenvalue weighted by Crippen LogP contribution is 2.30. The number of furan rings is 1. The Bertz CT molecular complexity index is 1320. The summed E-state index contributed by atoms with van der Waals surface area (Å²) in [5, 5.41) is 11.7. The molecule has 0 atom stereocenters. The van der Waals surface area contributed by atoms with Crippen molar-refractivity contribution in [3.8, 4) is 6.07 Å². The molecule has 4 nitrogen and oxygen atoms in total. The van der Waals surface area contributed by atoms with Gasteiger partial charge in [0.25, 0.3) is 0 Å². The maximum atomic E-state index is 9.61. The topological polar surface area (TPSA) is 65.6 Å². The van der Waals surface area contributed by atoms with Gasteiger partial charge in [-0.25, -0.2) is 4.98 Å². The van der Waals surface area contributed by atoms with Crippen LogP contribution in [-0.4, -0.2) is 9.97 Å². The third-order valence-corrected chi connectivity index (χ3v) is 4.48. The first-order valence-electron chi connectivity index (χ1n) is 8.30. The van der Waals surface area contributed by atoms with E-state index in [1.807, 2.05) is 72.8 Å². The van der Waals surface area contributed by atoms with Crippen LogP contribution in [0, 0.1) is 11.3 Å². The summed E-state index contributed by atoms with van der Waals surface area (Å²) < 4.78 is 5.86. The minimum Gasteiger partial charge on any atom is -0.456 e. The average molecular weight is 335 g/mol. The van der Waals surface area contributed by atoms with Crippen LogP contribution in [0.4, 0.5) is 0 Å². The summed E-state index contributed by atoms with van der Waals surface area (Å²) in [6.45, 7) is 0. The molecule has 0 saturated heterocycles. The number of allylic oxidation sites excluding steroid dienone is 1. The van der Waals surface area contributed by atoms with Gasteiger partial charge in [-0.1, -0.05) is 36.4 Å². The SMILES string of the molecule is N#CC(=Cc1ccc2oc3ccccc3c2c1)c1nc2ccccc2[nH]1. The summed E-state index contributed by atoms with van der Waals surface area (Å²) in [6, 6.07) is 23.9. The third kappa shape index (κ3) is 2.27. The molecule has 0 aliphatic heterocycles. The molecule has 2 aromatic heterocycles. The normalized spacial score (nSPS) is 12.0. The van der Waals surface area contributed by atoms with Crippen molar-refractivity contribution in [2.24, 2.45) is 0 Å². The molecule has 5 aromatic rings. The lowest BCUT2D eigenvalue weighted by Gasteiger charge is -1.97. The molecule has 0 saturated carbocycles. The van der Waals surface area contributed by atoms with Crippen molar-refractivity contribution >= 4 is 44.6 Å². The molecular formula is C22H13N3O. The van der Waals surface area contributed by atoms with Gasteiger partial charge in [-0.05, 0) is 42.0 Å². The Morgan fingerprint density at radius 3 is 2.65 bits per heavy atom. The van der Waals surface area contributed by atoms with Crippen LogP contribution in [0.15, 0.2) is 71.1 Å². The fraction of sp³-hybridized carbons (Fsp3) is 0. The lowest BCUT2D eigenvalue weighted by Crippen LogP contribution is -1.85. The minimum absolute atomic E-state index is 0.494. The standard InChI is InChI=1S/C22H13N3O/c23-13-15(22-24-18-6-2-3-7-19(18)25-22)11-14-9-10-21-17(12-14)16-5-1-4-8-20(16)26-21/h1-12H,(H,24,25). The second-order valence-electron chi connectivity index (χ2n) is 6.13. The molecule has 0 radical (unpaired) electrons. The largest absolute Gasteiger partial charge is 0.456 e. The van der Waals surface area contributed by atoms with Crippen LogP contribution in [-0.2, 0) is 0 Å². The number of aromatic amines is 1. The Kier molecular flexibility index (Phi) is 3.13. The Morgan fingerprint density at radius 2 is 1.77 bits per heavy atom. The van der Waals surface area contributed by atoms with Crippen molar-refractivity contribution in [2.75, 3.05) is 0 Å². The van der Waals surface area contributed by atoms with E-state index in [1.165, 1.54) is 0 Å². The number of nitriles is 1. The molecule has 0 unspecified atom stereocenters. The molecule has 0 bridgehead atoms. The van der Waals surface area contributed by atoms with E-state index in [0.29, 0.717) is 11.4 Å². The number of benzene rings is 3. The van der Waals surface area contributed by atoms with Crippen molar-refractivity contribution in [1.29, 1.82) is 5.26 Å². The number of imidazole rings is 1. The monoisotopic (exact) mass is 335 g/mol. The maximum Gasteiger partial charge on any atom is 0.149 e. The van der Waals surface area contributed by atoms with E-state index in [-0.39, 0.29) is 0 Å². The summed E-state index contributed by atoms with van der Waals surface area (Å²) in [5.41, 5.74) is 4.89. The Balaban J connectivity index is 1.65. The molecule has 0 amide bonds. The van der Waals surface area contributed by atoms with Gasteiger partial charge in [-0.2, -0.15) is 5.26 Å². The van der Waals surface area contributed by atoms with Crippen molar-refractivity contribution in [3.05, 3.63) is 78.1 Å². The van der Waals surface area contributed by atoms with E-state index in [4.69, 9.17) is 4.42 Å². The number of hydrogen-bond acceptors (Lipinski definition) is 3. The average Bonchev–Trinajstić information content (AvgIpc) is 3.27. The van der Waals surface area contributed by atoms with Crippen molar-refractivity contribution in [3.63, 3.8) is 0 Å². The van der Waals surface area contributed by atoms with E-state index in [1.54, 1.807) is 0 Å². The van der Waals surface area contributed by atoms with Crippen LogP contribution in [0.2, 0.25) is 0 Å². The van der Waals surface area contributed by atoms with Crippen molar-refractivity contribution in [1.82, 2.24) is 9.97 Å². The predicted molar refractivity (Wildman–Crippen MR) is 103 cm³/mol. The maximum absolute atomic E-state index is 9.61. The third-order valence-electron chi connectivity index (χ3n) is 4.48. The molecule has 0 aliphatic rings. The lowest BCUT2D eigenvalue weighted by molar-refractivity contribution is 0.669. The summed E-state index contributed by atoms with van der Waals surface area (Å²) in [7, 11) is 0. The molecule has 0 aliphatic carbocycles. The fourth-order valence-electron chi connectivity index (χ4n) is 3.23. The number of rotatable bonds is 2. The van der Waals surface area contributed by atoms with E-state index >= 15 is 0 Å². The fourth-order valence-corrected chi connectivity index (χ4v) is 3.23. The number of nitrogens with zero attached hydrogens (tertiary/aromatic N) is 2. The van der Waals surface area contributed by atoms with Gasteiger partial charge < -0.3 is 9.40 Å². The first-order valence-corrected chi connectivity index (χ1v) is 8.30. The van der Waals surface area contributed by atoms with Crippen LogP contribution < -0.4 is 0 Å². The zero-order chi connectivity index (χ0) is 17.5. The van der Waals surface area contributed by atoms with Gasteiger partial charge in [0, 0.05) is 10.8 Å². The number of nitrogens with one attached hydrogen (secondary N) is 1. The van der Waals surface area contributed by atoms with Crippen LogP contribution in [0.25, 0.3) is 44.6 Å². The number of H-pyrrole nitrogens is 1. The lowest BCUT2D eigenvalue weighted by atomic mass is 10.1. The van der Waals surface area contributed by atoms with E-state index in [9.17, 15) is 5.26 Å². The molecule has 0 spiro atoms. The number of para-hydroxylation sites is 3. The quantitative estimate of drug-likeness (QED) is 0.432. The first-order chi connectivity index (χ1) is 12.8. The zero-order valence-corrected chi connectivity index (χ0v) is 13.7. The van der Waals surface area contributed by atoms with Gasteiger partial charge in [0.2, 0.25) is 0 Å². The molecule has 5 rings (SSSR count). The van der Waals surface area contributed by atoms with Gasteiger partial charge in [-0.15, -0.1) is 0 Å². The van der Waals surface area contributed by atoms with Crippen LogP contribution in [0.5, 0.6) is 0 Å². The van der Waals surface area contributed by atoms with Crippen LogP contribution in [0.3, 0.4) is 0 Å². The van der Waals surface area contributed by atoms with E-state index in [2.05, 4.69) is 16.0 Å². The molecular weight excluding hydrogens is 322 g/mol. The molecule has 26 heavy (non-hydrogen) atoms. The van der Waals surface area contributed by atoms with Crippen LogP contribution >= 0.6 is 0 Å². The Labute approximate surface area is 149 Å². The predicted octanol–water partition coefficient (Wildman–Crippen LogP) is 5.53. The van der Waals surface area contributed by atoms with Crippen molar-refractivity contribution < 1.29 is 4.42 Å². The number of fused-ring (bicyclic) bond motifs is 4. The van der Waals surface area contributed by atoms with Gasteiger partial charge in [-0.3, -0.25) is 0 Å². The summed E-state index contributed by atoms with van der Waals surface area (Å²) in [5.74, 6) is 0.575. The zero-order valence-electron chi connectivity index (χ0n) is 13.7. The molecule has 122 valence electrons. The molecule has 3 aromatic carbocycles. The molecule has 2 heterocycles. The number of aromatic nitrogens is 2.